The Morgan fingerprint density at radius 2 is 0.804 bits per heavy atom. The van der Waals surface area contributed by atoms with Crippen molar-refractivity contribution in [2.45, 2.75) is 193 Å². The lowest BCUT2D eigenvalue weighted by atomic mass is 9.99. The van der Waals surface area contributed by atoms with E-state index in [2.05, 4.69) is 13.8 Å². The number of carboxylic acid groups (broad SMARTS) is 2. The van der Waals surface area contributed by atoms with Crippen LogP contribution >= 0.6 is 0 Å². The molecule has 0 radical (unpaired) electrons. The fraction of sp³-hybridized carbons (Fsp3) is 0.861. The van der Waals surface area contributed by atoms with Crippen molar-refractivity contribution in [3.05, 3.63) is 0 Å². The summed E-state index contributed by atoms with van der Waals surface area (Å²) < 4.78 is 16.7. The van der Waals surface area contributed by atoms with Crippen LogP contribution in [-0.4, -0.2) is 58.9 Å². The molecule has 268 valence electrons. The Morgan fingerprint density at radius 1 is 0.435 bits per heavy atom. The van der Waals surface area contributed by atoms with Gasteiger partial charge < -0.3 is 24.4 Å². The molecule has 0 aromatic rings. The number of rotatable bonds is 33. The van der Waals surface area contributed by atoms with E-state index >= 15 is 0 Å². The summed E-state index contributed by atoms with van der Waals surface area (Å²) in [5, 5.41) is 17.9. The van der Waals surface area contributed by atoms with Crippen LogP contribution < -0.4 is 0 Å². The van der Waals surface area contributed by atoms with E-state index in [-0.39, 0.29) is 31.7 Å². The minimum absolute atomic E-state index is 0.154. The van der Waals surface area contributed by atoms with Crippen LogP contribution in [0.1, 0.15) is 181 Å². The number of carbonyl (C=O) groups excluding carboxylic acids is 3. The van der Waals surface area contributed by atoms with Gasteiger partial charge in [0.1, 0.15) is 12.2 Å². The number of unbranched alkanes of at least 4 members (excludes halogenated alkanes) is 16. The Bertz CT molecular complexity index is 813. The molecule has 0 fully saturated rings. The third-order valence-corrected chi connectivity index (χ3v) is 8.04. The molecule has 0 aromatic heterocycles. The lowest BCUT2D eigenvalue weighted by molar-refractivity contribution is -0.170. The number of carbonyl (C=O) groups is 5. The molecular weight excluding hydrogens is 592 g/mol. The third kappa shape index (κ3) is 28.8. The SMILES string of the molecule is CCCCCCCCCCOC(=O)CCCCCCC[C@@H](OC(=O)CCC(=O)O)[C@H](CCCCCCCC)OC(=O)CCC(=O)O. The average molecular weight is 657 g/mol. The maximum Gasteiger partial charge on any atom is 0.306 e. The largest absolute Gasteiger partial charge is 0.481 e. The van der Waals surface area contributed by atoms with E-state index in [9.17, 15) is 24.0 Å². The molecule has 0 aliphatic rings. The minimum atomic E-state index is -1.10. The summed E-state index contributed by atoms with van der Waals surface area (Å²) in [5.74, 6) is -3.67. The van der Waals surface area contributed by atoms with E-state index < -0.39 is 36.1 Å². The highest BCUT2D eigenvalue weighted by Gasteiger charge is 2.28. The second kappa shape index (κ2) is 31.0. The fourth-order valence-corrected chi connectivity index (χ4v) is 5.28. The Labute approximate surface area is 277 Å². The summed E-state index contributed by atoms with van der Waals surface area (Å²) in [7, 11) is 0. The van der Waals surface area contributed by atoms with E-state index in [4.69, 9.17) is 24.4 Å². The molecule has 0 bridgehead atoms. The molecular formula is C36H64O10. The van der Waals surface area contributed by atoms with Gasteiger partial charge in [0.15, 0.2) is 0 Å². The van der Waals surface area contributed by atoms with Crippen LogP contribution in [0.5, 0.6) is 0 Å². The molecule has 46 heavy (non-hydrogen) atoms. The van der Waals surface area contributed by atoms with Crippen molar-refractivity contribution in [2.75, 3.05) is 6.61 Å². The molecule has 2 N–H and O–H groups in total. The van der Waals surface area contributed by atoms with Gasteiger partial charge in [-0.2, -0.15) is 0 Å². The smallest absolute Gasteiger partial charge is 0.306 e. The van der Waals surface area contributed by atoms with Gasteiger partial charge in [-0.25, -0.2) is 0 Å². The van der Waals surface area contributed by atoms with Crippen LogP contribution in [0.3, 0.4) is 0 Å². The summed E-state index contributed by atoms with van der Waals surface area (Å²) in [6.07, 6.45) is 18.3. The molecule has 0 amide bonds. The monoisotopic (exact) mass is 656 g/mol. The van der Waals surface area contributed by atoms with Gasteiger partial charge in [0.05, 0.1) is 32.3 Å². The summed E-state index contributed by atoms with van der Waals surface area (Å²) in [6, 6.07) is 0. The molecule has 10 heteroatoms. The third-order valence-electron chi connectivity index (χ3n) is 8.04. The minimum Gasteiger partial charge on any atom is -0.481 e. The normalized spacial score (nSPS) is 12.3. The van der Waals surface area contributed by atoms with E-state index in [1.807, 2.05) is 0 Å². The first-order chi connectivity index (χ1) is 22.2. The van der Waals surface area contributed by atoms with Crippen LogP contribution in [0, 0.1) is 0 Å². The predicted molar refractivity (Wildman–Crippen MR) is 177 cm³/mol. The first kappa shape index (κ1) is 43.4. The Morgan fingerprint density at radius 3 is 1.22 bits per heavy atom. The summed E-state index contributed by atoms with van der Waals surface area (Å²) in [5.41, 5.74) is 0. The molecule has 0 unspecified atom stereocenters. The Balaban J connectivity index is 4.71. The van der Waals surface area contributed by atoms with Crippen molar-refractivity contribution in [2.24, 2.45) is 0 Å². The van der Waals surface area contributed by atoms with Crippen LogP contribution in [-0.2, 0) is 38.2 Å². The maximum absolute atomic E-state index is 12.5. The molecule has 10 nitrogen and oxygen atoms in total. The highest BCUT2D eigenvalue weighted by Crippen LogP contribution is 2.22. The molecule has 0 aromatic carbocycles. The Kier molecular flexibility index (Phi) is 29.2. The number of hydrogen-bond donors (Lipinski definition) is 2. The van der Waals surface area contributed by atoms with Crippen LogP contribution in [0.25, 0.3) is 0 Å². The predicted octanol–water partition coefficient (Wildman–Crippen LogP) is 8.70. The van der Waals surface area contributed by atoms with E-state index in [1.54, 1.807) is 0 Å². The van der Waals surface area contributed by atoms with Gasteiger partial charge in [0.2, 0.25) is 0 Å². The zero-order valence-electron chi connectivity index (χ0n) is 28.9. The first-order valence-electron chi connectivity index (χ1n) is 18.2. The van der Waals surface area contributed by atoms with Crippen molar-refractivity contribution in [1.29, 1.82) is 0 Å². The average Bonchev–Trinajstić information content (AvgIpc) is 3.02. The number of aliphatic carboxylic acids is 2. The van der Waals surface area contributed by atoms with Gasteiger partial charge in [-0.15, -0.1) is 0 Å². The summed E-state index contributed by atoms with van der Waals surface area (Å²) >= 11 is 0. The van der Waals surface area contributed by atoms with Gasteiger partial charge in [-0.1, -0.05) is 110 Å². The van der Waals surface area contributed by atoms with Crippen molar-refractivity contribution >= 4 is 29.8 Å². The van der Waals surface area contributed by atoms with Gasteiger partial charge in [0, 0.05) is 6.42 Å². The fourth-order valence-electron chi connectivity index (χ4n) is 5.28. The standard InChI is InChI=1S/C36H64O10/c1-3-5-7-9-11-12-17-21-29-44-34(41)24-20-16-13-15-19-23-31(46-36(43)28-26-33(39)40)30(22-18-14-10-8-6-4-2)45-35(42)27-25-32(37)38/h30-31H,3-29H2,1-2H3,(H,37,38)(H,39,40)/t30-,31+/m0/s1. The molecule has 0 rings (SSSR count). The molecule has 0 aliphatic carbocycles. The molecule has 0 spiro atoms. The molecule has 0 saturated carbocycles. The second-order valence-corrected chi connectivity index (χ2v) is 12.4. The first-order valence-corrected chi connectivity index (χ1v) is 18.2. The van der Waals surface area contributed by atoms with Gasteiger partial charge in [0.25, 0.3) is 0 Å². The zero-order chi connectivity index (χ0) is 34.3. The maximum atomic E-state index is 12.5. The molecule has 0 aliphatic heterocycles. The van der Waals surface area contributed by atoms with Crippen molar-refractivity contribution in [3.63, 3.8) is 0 Å². The quantitative estimate of drug-likeness (QED) is 0.0398. The van der Waals surface area contributed by atoms with Gasteiger partial charge >= 0.3 is 29.8 Å². The summed E-state index contributed by atoms with van der Waals surface area (Å²) in [4.78, 5) is 58.9. The number of ether oxygens (including phenoxy) is 3. The number of esters is 3. The Hall–Kier alpha value is -2.65. The molecule has 2 atom stereocenters. The lowest BCUT2D eigenvalue weighted by Gasteiger charge is -2.27. The zero-order valence-corrected chi connectivity index (χ0v) is 28.9. The highest BCUT2D eigenvalue weighted by molar-refractivity contribution is 5.77. The van der Waals surface area contributed by atoms with E-state index in [0.717, 1.165) is 77.0 Å². The molecule has 0 heterocycles. The van der Waals surface area contributed by atoms with Crippen molar-refractivity contribution in [3.8, 4) is 0 Å². The van der Waals surface area contributed by atoms with E-state index in [1.165, 1.54) is 38.5 Å². The van der Waals surface area contributed by atoms with Crippen LogP contribution in [0.15, 0.2) is 0 Å². The lowest BCUT2D eigenvalue weighted by Crippen LogP contribution is -2.35. The van der Waals surface area contributed by atoms with Crippen LogP contribution in [0.4, 0.5) is 0 Å². The topological polar surface area (TPSA) is 154 Å². The number of hydrogen-bond acceptors (Lipinski definition) is 8. The van der Waals surface area contributed by atoms with Crippen molar-refractivity contribution in [1.82, 2.24) is 0 Å². The highest BCUT2D eigenvalue weighted by atomic mass is 16.6. The van der Waals surface area contributed by atoms with E-state index in [0.29, 0.717) is 32.3 Å². The van der Waals surface area contributed by atoms with Gasteiger partial charge in [-0.05, 0) is 38.5 Å². The number of carboxylic acids is 2. The van der Waals surface area contributed by atoms with Crippen molar-refractivity contribution < 1.29 is 48.4 Å². The summed E-state index contributed by atoms with van der Waals surface area (Å²) in [6.45, 7) is 4.84. The van der Waals surface area contributed by atoms with Crippen LogP contribution in [0.2, 0.25) is 0 Å². The second-order valence-electron chi connectivity index (χ2n) is 12.4. The molecule has 0 saturated heterocycles. The van der Waals surface area contributed by atoms with Gasteiger partial charge in [-0.3, -0.25) is 24.0 Å².